The molecule has 0 saturated heterocycles. The van der Waals surface area contributed by atoms with E-state index in [2.05, 4.69) is 36.2 Å². The number of hydrogen-bond donors (Lipinski definition) is 1. The summed E-state index contributed by atoms with van der Waals surface area (Å²) >= 11 is 0. The first-order valence-corrected chi connectivity index (χ1v) is 9.32. The molecule has 3 rings (SSSR count). The van der Waals surface area contributed by atoms with Crippen LogP contribution in [0.25, 0.3) is 0 Å². The molecule has 25 heavy (non-hydrogen) atoms. The van der Waals surface area contributed by atoms with E-state index in [0.717, 1.165) is 22.9 Å². The lowest BCUT2D eigenvalue weighted by Crippen LogP contribution is -2.13. The fourth-order valence-corrected chi connectivity index (χ4v) is 4.19. The van der Waals surface area contributed by atoms with Crippen LogP contribution >= 0.6 is 8.58 Å². The fourth-order valence-electron chi connectivity index (χ4n) is 2.89. The van der Waals surface area contributed by atoms with Crippen molar-refractivity contribution in [1.82, 2.24) is 0 Å². The molecule has 3 heteroatoms. The van der Waals surface area contributed by atoms with Crippen molar-refractivity contribution in [2.75, 3.05) is 7.05 Å². The normalized spacial score (nSPS) is 11.6. The first-order chi connectivity index (χ1) is 12.2. The van der Waals surface area contributed by atoms with Gasteiger partial charge >= 0.3 is 0 Å². The molecule has 1 N–H and O–H groups in total. The van der Waals surface area contributed by atoms with Gasteiger partial charge in [-0.25, -0.2) is 0 Å². The van der Waals surface area contributed by atoms with Gasteiger partial charge in [0.05, 0.1) is 0 Å². The lowest BCUT2D eigenvalue weighted by Gasteiger charge is -2.13. The van der Waals surface area contributed by atoms with Crippen LogP contribution in [0.15, 0.2) is 71.7 Å². The number of rotatable bonds is 5. The molecule has 0 amide bonds. The third-order valence-electron chi connectivity index (χ3n) is 4.19. The van der Waals surface area contributed by atoms with Crippen molar-refractivity contribution in [2.45, 2.75) is 13.3 Å². The Morgan fingerprint density at radius 1 is 0.960 bits per heavy atom. The van der Waals surface area contributed by atoms with Crippen LogP contribution in [0.5, 0.6) is 5.75 Å². The monoisotopic (exact) mass is 347 g/mol. The van der Waals surface area contributed by atoms with E-state index in [9.17, 15) is 5.11 Å². The summed E-state index contributed by atoms with van der Waals surface area (Å²) in [6.45, 7) is 2.11. The van der Waals surface area contributed by atoms with Crippen LogP contribution in [0.3, 0.4) is 0 Å². The number of aryl methyl sites for hydroxylation is 1. The van der Waals surface area contributed by atoms with Gasteiger partial charge in [-0.3, -0.25) is 4.99 Å². The van der Waals surface area contributed by atoms with Crippen molar-refractivity contribution in [1.29, 1.82) is 0 Å². The highest BCUT2D eigenvalue weighted by Gasteiger charge is 2.11. The standard InChI is InChI=1S/C22H22NOP/c1-16-8-6-12-19(15-23-2)22(16)25-20-13-7-11-18(21(20)24)14-17-9-4-3-5-10-17/h3-13,15,24-25H,14H2,1-2H3. The first-order valence-electron chi connectivity index (χ1n) is 8.32. The van der Waals surface area contributed by atoms with Gasteiger partial charge in [0.15, 0.2) is 0 Å². The number of para-hydroxylation sites is 1. The summed E-state index contributed by atoms with van der Waals surface area (Å²) in [7, 11) is 2.18. The number of phenols is 1. The zero-order valence-electron chi connectivity index (χ0n) is 14.5. The Labute approximate surface area is 151 Å². The second-order valence-corrected chi connectivity index (χ2v) is 7.32. The number of phenolic OH excluding ortho intramolecular Hbond substituents is 1. The molecule has 0 fully saturated rings. The van der Waals surface area contributed by atoms with Crippen LogP contribution in [-0.4, -0.2) is 18.4 Å². The Balaban J connectivity index is 1.93. The summed E-state index contributed by atoms with van der Waals surface area (Å²) < 4.78 is 0. The Kier molecular flexibility index (Phi) is 5.63. The second-order valence-electron chi connectivity index (χ2n) is 6.03. The maximum absolute atomic E-state index is 10.8. The first kappa shape index (κ1) is 17.4. The minimum absolute atomic E-state index is 0.399. The van der Waals surface area contributed by atoms with Crippen LogP contribution in [0, 0.1) is 6.92 Å². The van der Waals surface area contributed by atoms with Crippen LogP contribution in [-0.2, 0) is 6.42 Å². The molecule has 1 atom stereocenters. The van der Waals surface area contributed by atoms with Crippen LogP contribution in [0.2, 0.25) is 0 Å². The highest BCUT2D eigenvalue weighted by atomic mass is 31.1. The molecule has 3 aromatic rings. The van der Waals surface area contributed by atoms with Crippen molar-refractivity contribution in [2.24, 2.45) is 4.99 Å². The van der Waals surface area contributed by atoms with Gasteiger partial charge in [0, 0.05) is 30.6 Å². The largest absolute Gasteiger partial charge is 0.507 e. The summed E-state index contributed by atoms with van der Waals surface area (Å²) in [5.74, 6) is 0.410. The van der Waals surface area contributed by atoms with Crippen molar-refractivity contribution in [3.63, 3.8) is 0 Å². The molecule has 0 saturated carbocycles. The molecule has 0 aliphatic rings. The topological polar surface area (TPSA) is 32.6 Å². The predicted molar refractivity (Wildman–Crippen MR) is 110 cm³/mol. The molecular formula is C22H22NOP. The van der Waals surface area contributed by atoms with E-state index in [1.54, 1.807) is 7.05 Å². The Morgan fingerprint density at radius 3 is 2.48 bits per heavy atom. The summed E-state index contributed by atoms with van der Waals surface area (Å²) in [6.07, 6.45) is 2.63. The molecule has 0 spiro atoms. The van der Waals surface area contributed by atoms with Crippen molar-refractivity contribution < 1.29 is 5.11 Å². The number of aliphatic imine (C=N–C) groups is 1. The lowest BCUT2D eigenvalue weighted by molar-refractivity contribution is 0.474. The molecule has 1 unspecified atom stereocenters. The van der Waals surface area contributed by atoms with Crippen LogP contribution in [0.1, 0.15) is 22.3 Å². The zero-order valence-corrected chi connectivity index (χ0v) is 15.5. The molecule has 0 aliphatic carbocycles. The van der Waals surface area contributed by atoms with Gasteiger partial charge < -0.3 is 5.11 Å². The van der Waals surface area contributed by atoms with E-state index >= 15 is 0 Å². The SMILES string of the molecule is CN=Cc1cccc(C)c1Pc1cccc(Cc2ccccc2)c1O. The van der Waals surface area contributed by atoms with Gasteiger partial charge in [0.1, 0.15) is 5.75 Å². The molecule has 0 heterocycles. The van der Waals surface area contributed by atoms with Gasteiger partial charge in [0.25, 0.3) is 0 Å². The van der Waals surface area contributed by atoms with E-state index in [1.807, 2.05) is 48.7 Å². The summed E-state index contributed by atoms with van der Waals surface area (Å²) in [5, 5.41) is 13.0. The van der Waals surface area contributed by atoms with Gasteiger partial charge in [-0.05, 0) is 28.9 Å². The fraction of sp³-hybridized carbons (Fsp3) is 0.136. The molecule has 3 aromatic carbocycles. The molecule has 0 radical (unpaired) electrons. The quantitative estimate of drug-likeness (QED) is 0.550. The third kappa shape index (κ3) is 4.15. The third-order valence-corrected chi connectivity index (χ3v) is 5.80. The number of benzene rings is 3. The average molecular weight is 347 g/mol. The van der Waals surface area contributed by atoms with E-state index in [-0.39, 0.29) is 0 Å². The molecule has 0 bridgehead atoms. The minimum atomic E-state index is 0.399. The Morgan fingerprint density at radius 2 is 1.72 bits per heavy atom. The number of nitrogens with zero attached hydrogens (tertiary/aromatic N) is 1. The second kappa shape index (κ2) is 8.09. The minimum Gasteiger partial charge on any atom is -0.507 e. The van der Waals surface area contributed by atoms with Crippen molar-refractivity contribution >= 4 is 25.4 Å². The van der Waals surface area contributed by atoms with E-state index in [1.165, 1.54) is 16.4 Å². The summed E-state index contributed by atoms with van der Waals surface area (Å²) in [5.41, 5.74) is 4.51. The van der Waals surface area contributed by atoms with E-state index in [0.29, 0.717) is 14.3 Å². The summed E-state index contributed by atoms with van der Waals surface area (Å²) in [6, 6.07) is 22.5. The van der Waals surface area contributed by atoms with Crippen molar-refractivity contribution in [3.8, 4) is 5.75 Å². The van der Waals surface area contributed by atoms with Gasteiger partial charge in [0.2, 0.25) is 0 Å². The van der Waals surface area contributed by atoms with Gasteiger partial charge in [-0.15, -0.1) is 0 Å². The predicted octanol–water partition coefficient (Wildman–Crippen LogP) is 3.97. The van der Waals surface area contributed by atoms with Crippen LogP contribution < -0.4 is 10.6 Å². The average Bonchev–Trinajstić information content (AvgIpc) is 2.62. The smallest absolute Gasteiger partial charge is 0.126 e. The van der Waals surface area contributed by atoms with Gasteiger partial charge in [-0.1, -0.05) is 75.3 Å². The highest BCUT2D eigenvalue weighted by Crippen LogP contribution is 2.26. The maximum atomic E-state index is 10.8. The Bertz CT molecular complexity index is 888. The Hall–Kier alpha value is -2.44. The van der Waals surface area contributed by atoms with Crippen LogP contribution in [0.4, 0.5) is 0 Å². The van der Waals surface area contributed by atoms with Gasteiger partial charge in [-0.2, -0.15) is 0 Å². The molecule has 2 nitrogen and oxygen atoms in total. The number of aromatic hydroxyl groups is 1. The molecular weight excluding hydrogens is 325 g/mol. The van der Waals surface area contributed by atoms with E-state index in [4.69, 9.17) is 0 Å². The zero-order chi connectivity index (χ0) is 17.6. The highest BCUT2D eigenvalue weighted by molar-refractivity contribution is 7.56. The lowest BCUT2D eigenvalue weighted by atomic mass is 10.0. The maximum Gasteiger partial charge on any atom is 0.126 e. The number of hydrogen-bond acceptors (Lipinski definition) is 2. The molecule has 0 aromatic heterocycles. The van der Waals surface area contributed by atoms with E-state index < -0.39 is 0 Å². The molecule has 0 aliphatic heterocycles. The molecule has 126 valence electrons. The van der Waals surface area contributed by atoms with Crippen molar-refractivity contribution in [3.05, 3.63) is 89.0 Å². The summed E-state index contributed by atoms with van der Waals surface area (Å²) in [4.78, 5) is 4.16.